The van der Waals surface area contributed by atoms with Gasteiger partial charge < -0.3 is 20.1 Å². The van der Waals surface area contributed by atoms with Gasteiger partial charge in [0.15, 0.2) is 6.61 Å². The van der Waals surface area contributed by atoms with Crippen LogP contribution in [0.15, 0.2) is 48.5 Å². The van der Waals surface area contributed by atoms with Crippen LogP contribution in [0.25, 0.3) is 0 Å². The van der Waals surface area contributed by atoms with Crippen molar-refractivity contribution in [1.82, 2.24) is 0 Å². The predicted octanol–water partition coefficient (Wildman–Crippen LogP) is 3.96. The molecular weight excluding hydrogens is 424 g/mol. The molecule has 0 aliphatic carbocycles. The minimum atomic E-state index is -0.657. The molecule has 2 amide bonds. The molecular formula is C25H30N2O6. The normalized spacial score (nSPS) is 10.4. The number of hydrogen-bond acceptors (Lipinski definition) is 6. The van der Waals surface area contributed by atoms with Crippen molar-refractivity contribution in [3.8, 4) is 0 Å². The van der Waals surface area contributed by atoms with Crippen LogP contribution in [0.3, 0.4) is 0 Å². The Balaban J connectivity index is 1.74. The van der Waals surface area contributed by atoms with E-state index in [4.69, 9.17) is 9.47 Å². The van der Waals surface area contributed by atoms with Gasteiger partial charge in [-0.25, -0.2) is 4.79 Å². The Morgan fingerprint density at radius 2 is 1.64 bits per heavy atom. The Bertz CT molecular complexity index is 986. The van der Waals surface area contributed by atoms with Crippen LogP contribution in [0.1, 0.15) is 49.5 Å². The summed E-state index contributed by atoms with van der Waals surface area (Å²) in [7, 11) is 0. The number of carbonyl (C=O) groups is 4. The van der Waals surface area contributed by atoms with Gasteiger partial charge in [0.25, 0.3) is 5.91 Å². The highest BCUT2D eigenvalue weighted by Crippen LogP contribution is 2.15. The topological polar surface area (TPSA) is 111 Å². The molecule has 8 heteroatoms. The lowest BCUT2D eigenvalue weighted by atomic mass is 10.1. The Hall–Kier alpha value is -3.68. The highest BCUT2D eigenvalue weighted by molar-refractivity contribution is 5.96. The minimum absolute atomic E-state index is 0.124. The summed E-state index contributed by atoms with van der Waals surface area (Å²) in [4.78, 5) is 48.1. The third kappa shape index (κ3) is 9.14. The fourth-order valence-electron chi connectivity index (χ4n) is 2.84. The first-order valence-corrected chi connectivity index (χ1v) is 10.9. The number of carbonyl (C=O) groups excluding carboxylic acids is 4. The van der Waals surface area contributed by atoms with Crippen molar-refractivity contribution < 1.29 is 28.7 Å². The average Bonchev–Trinajstić information content (AvgIpc) is 2.80. The first-order valence-electron chi connectivity index (χ1n) is 10.9. The summed E-state index contributed by atoms with van der Waals surface area (Å²) >= 11 is 0. The van der Waals surface area contributed by atoms with E-state index in [0.29, 0.717) is 23.5 Å². The molecule has 0 aliphatic heterocycles. The Morgan fingerprint density at radius 3 is 2.36 bits per heavy atom. The van der Waals surface area contributed by atoms with Crippen molar-refractivity contribution in [1.29, 1.82) is 0 Å². The van der Waals surface area contributed by atoms with E-state index in [1.165, 1.54) is 6.07 Å². The smallest absolute Gasteiger partial charge is 0.338 e. The lowest BCUT2D eigenvalue weighted by molar-refractivity contribution is -0.147. The lowest BCUT2D eigenvalue weighted by Gasteiger charge is -2.10. The van der Waals surface area contributed by atoms with Gasteiger partial charge in [0.2, 0.25) is 5.91 Å². The number of ether oxygens (including phenoxy) is 2. The number of amides is 2. The maximum Gasteiger partial charge on any atom is 0.338 e. The van der Waals surface area contributed by atoms with Gasteiger partial charge in [-0.3, -0.25) is 14.4 Å². The molecule has 0 bridgehead atoms. The fourth-order valence-corrected chi connectivity index (χ4v) is 2.84. The molecule has 2 aromatic rings. The van der Waals surface area contributed by atoms with Crippen LogP contribution in [0, 0.1) is 5.92 Å². The summed E-state index contributed by atoms with van der Waals surface area (Å²) in [5.74, 6) is -1.77. The van der Waals surface area contributed by atoms with E-state index >= 15 is 0 Å². The maximum atomic E-state index is 12.1. The number of aryl methyl sites for hydroxylation is 1. The molecule has 0 aliphatic rings. The highest BCUT2D eigenvalue weighted by Gasteiger charge is 2.13. The van der Waals surface area contributed by atoms with Crippen molar-refractivity contribution in [2.75, 3.05) is 23.8 Å². The zero-order chi connectivity index (χ0) is 24.2. The van der Waals surface area contributed by atoms with Gasteiger partial charge in [-0.15, -0.1) is 0 Å². The fraction of sp³-hybridized carbons (Fsp3) is 0.360. The zero-order valence-corrected chi connectivity index (χ0v) is 19.2. The number of esters is 2. The maximum absolute atomic E-state index is 12.1. The van der Waals surface area contributed by atoms with Crippen LogP contribution in [0.5, 0.6) is 0 Å². The van der Waals surface area contributed by atoms with Gasteiger partial charge >= 0.3 is 11.9 Å². The molecule has 2 rings (SSSR count). The van der Waals surface area contributed by atoms with E-state index in [9.17, 15) is 19.2 Å². The van der Waals surface area contributed by atoms with Crippen LogP contribution >= 0.6 is 0 Å². The van der Waals surface area contributed by atoms with Crippen molar-refractivity contribution in [2.24, 2.45) is 5.92 Å². The number of nitrogens with one attached hydrogen (secondary N) is 2. The molecule has 2 N–H and O–H groups in total. The lowest BCUT2D eigenvalue weighted by Crippen LogP contribution is -2.22. The number of hydrogen-bond donors (Lipinski definition) is 2. The summed E-state index contributed by atoms with van der Waals surface area (Å²) in [5.41, 5.74) is 2.40. The molecule has 0 spiro atoms. The quantitative estimate of drug-likeness (QED) is 0.497. The summed E-state index contributed by atoms with van der Waals surface area (Å²) in [6.07, 6.45) is 0.454. The standard InChI is InChI=1S/C25H30N2O6/c1-4-18-8-5-6-11-21(18)27-23(29)16-32-24(30)13-12-22(28)26-20-10-7-9-19(14-20)25(31)33-15-17(2)3/h5-11,14,17H,4,12-13,15-16H2,1-3H3,(H,26,28)(H,27,29). The molecule has 0 unspecified atom stereocenters. The Kier molecular flexibility index (Phi) is 10.1. The van der Waals surface area contributed by atoms with Gasteiger partial charge in [-0.1, -0.05) is 45.0 Å². The molecule has 8 nitrogen and oxygen atoms in total. The van der Waals surface area contributed by atoms with Crippen molar-refractivity contribution >= 4 is 35.1 Å². The molecule has 0 radical (unpaired) electrons. The van der Waals surface area contributed by atoms with Crippen molar-refractivity contribution in [3.63, 3.8) is 0 Å². The second kappa shape index (κ2) is 13.0. The van der Waals surface area contributed by atoms with Crippen LogP contribution in [-0.2, 0) is 30.3 Å². The summed E-state index contributed by atoms with van der Waals surface area (Å²) in [6, 6.07) is 13.8. The number of anilines is 2. The molecule has 0 heterocycles. The van der Waals surface area contributed by atoms with Gasteiger partial charge in [-0.05, 0) is 42.2 Å². The van der Waals surface area contributed by atoms with E-state index < -0.39 is 30.4 Å². The van der Waals surface area contributed by atoms with Crippen LogP contribution in [-0.4, -0.2) is 37.0 Å². The van der Waals surface area contributed by atoms with Gasteiger partial charge in [0.05, 0.1) is 18.6 Å². The molecule has 176 valence electrons. The molecule has 0 aromatic heterocycles. The van der Waals surface area contributed by atoms with Gasteiger partial charge in [-0.2, -0.15) is 0 Å². The van der Waals surface area contributed by atoms with E-state index in [2.05, 4.69) is 10.6 Å². The molecule has 0 saturated carbocycles. The highest BCUT2D eigenvalue weighted by atomic mass is 16.5. The minimum Gasteiger partial charge on any atom is -0.462 e. The third-order valence-corrected chi connectivity index (χ3v) is 4.52. The summed E-state index contributed by atoms with van der Waals surface area (Å²) < 4.78 is 10.1. The Labute approximate surface area is 193 Å². The Morgan fingerprint density at radius 1 is 0.879 bits per heavy atom. The second-order valence-electron chi connectivity index (χ2n) is 7.84. The summed E-state index contributed by atoms with van der Waals surface area (Å²) in [5, 5.41) is 5.34. The summed E-state index contributed by atoms with van der Waals surface area (Å²) in [6.45, 7) is 5.73. The monoisotopic (exact) mass is 454 g/mol. The molecule has 2 aromatic carbocycles. The van der Waals surface area contributed by atoms with E-state index in [1.807, 2.05) is 39.0 Å². The van der Waals surface area contributed by atoms with E-state index in [-0.39, 0.29) is 18.8 Å². The van der Waals surface area contributed by atoms with E-state index in [0.717, 1.165) is 12.0 Å². The average molecular weight is 455 g/mol. The van der Waals surface area contributed by atoms with Crippen LogP contribution < -0.4 is 10.6 Å². The first-order chi connectivity index (χ1) is 15.8. The van der Waals surface area contributed by atoms with Gasteiger partial charge in [0, 0.05) is 17.8 Å². The molecule has 0 atom stereocenters. The molecule has 33 heavy (non-hydrogen) atoms. The van der Waals surface area contributed by atoms with Crippen molar-refractivity contribution in [3.05, 3.63) is 59.7 Å². The van der Waals surface area contributed by atoms with Crippen molar-refractivity contribution in [2.45, 2.75) is 40.0 Å². The molecule has 0 fully saturated rings. The van der Waals surface area contributed by atoms with Crippen LogP contribution in [0.2, 0.25) is 0 Å². The third-order valence-electron chi connectivity index (χ3n) is 4.52. The predicted molar refractivity (Wildman–Crippen MR) is 125 cm³/mol. The zero-order valence-electron chi connectivity index (χ0n) is 19.2. The first kappa shape index (κ1) is 25.6. The number of rotatable bonds is 11. The van der Waals surface area contributed by atoms with E-state index in [1.54, 1.807) is 24.3 Å². The SMILES string of the molecule is CCc1ccccc1NC(=O)COC(=O)CCC(=O)Nc1cccc(C(=O)OCC(C)C)c1. The van der Waals surface area contributed by atoms with Gasteiger partial charge in [0.1, 0.15) is 0 Å². The number of para-hydroxylation sites is 1. The largest absolute Gasteiger partial charge is 0.462 e. The second-order valence-corrected chi connectivity index (χ2v) is 7.84. The number of benzene rings is 2. The van der Waals surface area contributed by atoms with Crippen LogP contribution in [0.4, 0.5) is 11.4 Å². The molecule has 0 saturated heterocycles.